The lowest BCUT2D eigenvalue weighted by Gasteiger charge is -2.31. The molecule has 1 aliphatic heterocycles. The van der Waals surface area contributed by atoms with Crippen molar-refractivity contribution in [2.75, 3.05) is 19.6 Å². The third kappa shape index (κ3) is 5.23. The van der Waals surface area contributed by atoms with E-state index in [1.54, 1.807) is 0 Å². The van der Waals surface area contributed by atoms with E-state index >= 15 is 0 Å². The summed E-state index contributed by atoms with van der Waals surface area (Å²) in [5, 5.41) is 10.8. The molecule has 0 radical (unpaired) electrons. The lowest BCUT2D eigenvalue weighted by molar-refractivity contribution is -0.135. The molecule has 7 nitrogen and oxygen atoms in total. The lowest BCUT2D eigenvalue weighted by atomic mass is 9.90. The van der Waals surface area contributed by atoms with E-state index in [1.807, 2.05) is 12.1 Å². The van der Waals surface area contributed by atoms with E-state index in [2.05, 4.69) is 33.4 Å². The van der Waals surface area contributed by atoms with Gasteiger partial charge in [-0.3, -0.25) is 9.59 Å². The molecule has 2 aromatic carbocycles. The van der Waals surface area contributed by atoms with Crippen LogP contribution in [0.5, 0.6) is 0 Å². The highest BCUT2D eigenvalue weighted by Crippen LogP contribution is 2.31. The number of carbonyl (C=O) groups is 2. The topological polar surface area (TPSA) is 104 Å². The Bertz CT molecular complexity index is 983. The molecule has 9 heteroatoms. The van der Waals surface area contributed by atoms with Crippen LogP contribution in [0, 0.1) is 0 Å². The molecule has 1 aliphatic rings. The van der Waals surface area contributed by atoms with Gasteiger partial charge in [-0.1, -0.05) is 28.1 Å². The Hall–Kier alpha value is -2.23. The first-order valence-corrected chi connectivity index (χ1v) is 11.4. The second kappa shape index (κ2) is 9.06. The van der Waals surface area contributed by atoms with Crippen LogP contribution in [-0.4, -0.2) is 49.3 Å². The fourth-order valence-electron chi connectivity index (χ4n) is 3.35. The molecule has 1 heterocycles. The molecule has 1 saturated heterocycles. The van der Waals surface area contributed by atoms with E-state index in [1.165, 1.54) is 34.1 Å². The van der Waals surface area contributed by atoms with Gasteiger partial charge in [0.1, 0.15) is 6.54 Å². The summed E-state index contributed by atoms with van der Waals surface area (Å²) in [6, 6.07) is 13.6. The number of sulfonamides is 1. The maximum Gasteiger partial charge on any atom is 0.322 e. The van der Waals surface area contributed by atoms with Gasteiger partial charge in [0.2, 0.25) is 10.0 Å². The summed E-state index contributed by atoms with van der Waals surface area (Å²) < 4.78 is 28.3. The molecule has 2 aromatic rings. The van der Waals surface area contributed by atoms with Crippen molar-refractivity contribution < 1.29 is 23.1 Å². The third-order valence-corrected chi connectivity index (χ3v) is 7.39. The zero-order valence-corrected chi connectivity index (χ0v) is 17.9. The van der Waals surface area contributed by atoms with E-state index in [0.29, 0.717) is 19.0 Å². The number of rotatable bonds is 6. The number of halogens is 1. The van der Waals surface area contributed by atoms with Crippen molar-refractivity contribution in [2.45, 2.75) is 23.7 Å². The summed E-state index contributed by atoms with van der Waals surface area (Å²) in [5.41, 5.74) is 1.42. The van der Waals surface area contributed by atoms with Gasteiger partial charge >= 0.3 is 5.97 Å². The zero-order valence-electron chi connectivity index (χ0n) is 15.5. The average Bonchev–Trinajstić information content (AvgIpc) is 2.72. The fraction of sp³-hybridized carbons (Fsp3) is 0.300. The second-order valence-corrected chi connectivity index (χ2v) is 9.68. The molecule has 0 atom stereocenters. The van der Waals surface area contributed by atoms with Gasteiger partial charge in [-0.15, -0.1) is 0 Å². The Morgan fingerprint density at radius 2 is 1.62 bits per heavy atom. The number of hydrogen-bond acceptors (Lipinski definition) is 4. The van der Waals surface area contributed by atoms with Crippen LogP contribution >= 0.6 is 15.9 Å². The molecule has 154 valence electrons. The SMILES string of the molecule is O=C(O)CNC(=O)c1ccc(S(=O)(=O)N2CCC(c3ccc(Br)cc3)CC2)cc1. The van der Waals surface area contributed by atoms with Gasteiger partial charge in [0, 0.05) is 23.1 Å². The zero-order chi connectivity index (χ0) is 21.0. The Morgan fingerprint density at radius 3 is 2.17 bits per heavy atom. The Labute approximate surface area is 177 Å². The normalized spacial score (nSPS) is 15.8. The first-order valence-electron chi connectivity index (χ1n) is 9.13. The summed E-state index contributed by atoms with van der Waals surface area (Å²) >= 11 is 3.42. The van der Waals surface area contributed by atoms with Gasteiger partial charge in [0.15, 0.2) is 0 Å². The minimum absolute atomic E-state index is 0.120. The molecule has 1 amide bonds. The summed E-state index contributed by atoms with van der Waals surface area (Å²) in [5.74, 6) is -1.38. The van der Waals surface area contributed by atoms with Crippen molar-refractivity contribution in [1.29, 1.82) is 0 Å². The minimum atomic E-state index is -3.64. The van der Waals surface area contributed by atoms with Crippen molar-refractivity contribution in [3.63, 3.8) is 0 Å². The predicted molar refractivity (Wildman–Crippen MR) is 111 cm³/mol. The first-order chi connectivity index (χ1) is 13.8. The number of amides is 1. The molecule has 0 aliphatic carbocycles. The number of carboxylic acid groups (broad SMARTS) is 1. The number of hydrogen-bond donors (Lipinski definition) is 2. The largest absolute Gasteiger partial charge is 0.480 e. The van der Waals surface area contributed by atoms with Crippen molar-refractivity contribution in [1.82, 2.24) is 9.62 Å². The van der Waals surface area contributed by atoms with Crippen LogP contribution in [0.4, 0.5) is 0 Å². The van der Waals surface area contributed by atoms with Crippen LogP contribution in [-0.2, 0) is 14.8 Å². The fourth-order valence-corrected chi connectivity index (χ4v) is 5.08. The van der Waals surface area contributed by atoms with Crippen LogP contribution in [0.15, 0.2) is 57.9 Å². The van der Waals surface area contributed by atoms with Gasteiger partial charge in [0.05, 0.1) is 4.90 Å². The number of aliphatic carboxylic acids is 1. The van der Waals surface area contributed by atoms with Gasteiger partial charge in [-0.25, -0.2) is 8.42 Å². The number of piperidine rings is 1. The van der Waals surface area contributed by atoms with Gasteiger partial charge < -0.3 is 10.4 Å². The minimum Gasteiger partial charge on any atom is -0.480 e. The Morgan fingerprint density at radius 1 is 1.03 bits per heavy atom. The smallest absolute Gasteiger partial charge is 0.322 e. The molecule has 0 saturated carbocycles. The number of nitrogens with zero attached hydrogens (tertiary/aromatic N) is 1. The maximum absolute atomic E-state index is 12.9. The standard InChI is InChI=1S/C20H21BrN2O5S/c21-17-5-1-14(2-6-17)15-9-11-23(12-10-15)29(27,28)18-7-3-16(4-8-18)20(26)22-13-19(24)25/h1-8,15H,9-13H2,(H,22,26)(H,24,25). The van der Waals surface area contributed by atoms with Crippen molar-refractivity contribution in [3.8, 4) is 0 Å². The van der Waals surface area contributed by atoms with Gasteiger partial charge in [-0.2, -0.15) is 4.31 Å². The molecule has 29 heavy (non-hydrogen) atoms. The van der Waals surface area contributed by atoms with E-state index in [9.17, 15) is 18.0 Å². The van der Waals surface area contributed by atoms with Gasteiger partial charge in [0.25, 0.3) is 5.91 Å². The molecule has 1 fully saturated rings. The summed E-state index contributed by atoms with van der Waals surface area (Å²) in [4.78, 5) is 22.5. The van der Waals surface area contributed by atoms with Crippen molar-refractivity contribution in [2.24, 2.45) is 0 Å². The third-order valence-electron chi connectivity index (χ3n) is 4.95. The summed E-state index contributed by atoms with van der Waals surface area (Å²) in [7, 11) is -3.64. The highest BCUT2D eigenvalue weighted by molar-refractivity contribution is 9.10. The highest BCUT2D eigenvalue weighted by Gasteiger charge is 2.30. The molecule has 0 spiro atoms. The van der Waals surface area contributed by atoms with Crippen molar-refractivity contribution in [3.05, 3.63) is 64.1 Å². The highest BCUT2D eigenvalue weighted by atomic mass is 79.9. The van der Waals surface area contributed by atoms with Crippen LogP contribution in [0.25, 0.3) is 0 Å². The van der Waals surface area contributed by atoms with E-state index in [-0.39, 0.29) is 10.5 Å². The molecule has 0 bridgehead atoms. The number of benzene rings is 2. The van der Waals surface area contributed by atoms with Gasteiger partial charge in [-0.05, 0) is 60.7 Å². The van der Waals surface area contributed by atoms with Crippen molar-refractivity contribution >= 4 is 37.8 Å². The number of carboxylic acids is 1. The molecule has 3 rings (SSSR count). The summed E-state index contributed by atoms with van der Waals surface area (Å²) in [6.07, 6.45) is 1.49. The molecule has 0 unspecified atom stereocenters. The van der Waals surface area contributed by atoms with Crippen LogP contribution in [0.3, 0.4) is 0 Å². The predicted octanol–water partition coefficient (Wildman–Crippen LogP) is 2.83. The van der Waals surface area contributed by atoms with E-state index in [0.717, 1.165) is 17.3 Å². The Kier molecular flexibility index (Phi) is 6.71. The average molecular weight is 481 g/mol. The molecular formula is C20H21BrN2O5S. The number of carbonyl (C=O) groups excluding carboxylic acids is 1. The van der Waals surface area contributed by atoms with Crippen LogP contribution in [0.1, 0.15) is 34.7 Å². The Balaban J connectivity index is 1.64. The summed E-state index contributed by atoms with van der Waals surface area (Å²) in [6.45, 7) is 0.375. The monoisotopic (exact) mass is 480 g/mol. The second-order valence-electron chi connectivity index (χ2n) is 6.83. The van der Waals surface area contributed by atoms with E-state index < -0.39 is 28.4 Å². The number of nitrogens with one attached hydrogen (secondary N) is 1. The van der Waals surface area contributed by atoms with E-state index in [4.69, 9.17) is 5.11 Å². The van der Waals surface area contributed by atoms with Crippen LogP contribution in [0.2, 0.25) is 0 Å². The lowest BCUT2D eigenvalue weighted by Crippen LogP contribution is -2.37. The quantitative estimate of drug-likeness (QED) is 0.661. The van der Waals surface area contributed by atoms with Crippen LogP contribution < -0.4 is 5.32 Å². The first kappa shape index (κ1) is 21.5. The molecule has 0 aromatic heterocycles. The molecule has 2 N–H and O–H groups in total. The molecular weight excluding hydrogens is 460 g/mol. The maximum atomic E-state index is 12.9.